The monoisotopic (exact) mass is 656 g/mol. The van der Waals surface area contributed by atoms with E-state index in [0.717, 1.165) is 22.4 Å². The summed E-state index contributed by atoms with van der Waals surface area (Å²) in [5, 5.41) is 4.96. The number of hydrogen-bond donors (Lipinski definition) is 0. The molecule has 0 atom stereocenters. The van der Waals surface area contributed by atoms with Crippen LogP contribution in [-0.4, -0.2) is 19.5 Å². The molecule has 0 N–H and O–H groups in total. The molecule has 50 heavy (non-hydrogen) atoms. The molecule has 0 unspecified atom stereocenters. The molecule has 7 aromatic carbocycles. The van der Waals surface area contributed by atoms with E-state index in [1.807, 2.05) is 72.0 Å². The van der Waals surface area contributed by atoms with Crippen molar-refractivity contribution in [1.82, 2.24) is 19.5 Å². The maximum atomic E-state index is 4.98. The minimum absolute atomic E-state index is 0.664. The van der Waals surface area contributed by atoms with Crippen molar-refractivity contribution in [2.75, 3.05) is 0 Å². The summed E-state index contributed by atoms with van der Waals surface area (Å²) < 4.78 is 4.87. The molecule has 5 heteroatoms. The maximum absolute atomic E-state index is 4.98. The molecule has 0 saturated carbocycles. The quantitative estimate of drug-likeness (QED) is 0.185. The van der Waals surface area contributed by atoms with E-state index in [0.29, 0.717) is 17.5 Å². The number of para-hydroxylation sites is 2. The normalized spacial score (nSPS) is 11.6. The van der Waals surface area contributed by atoms with Crippen LogP contribution in [-0.2, 0) is 0 Å². The lowest BCUT2D eigenvalue weighted by Gasteiger charge is -2.09. The molecule has 10 aromatic rings. The fraction of sp³-hybridized carbons (Fsp3) is 0. The average Bonchev–Trinajstić information content (AvgIpc) is 3.74. The van der Waals surface area contributed by atoms with E-state index in [9.17, 15) is 0 Å². The van der Waals surface area contributed by atoms with Gasteiger partial charge in [0.15, 0.2) is 17.5 Å². The second kappa shape index (κ2) is 11.6. The molecular weight excluding hydrogens is 629 g/mol. The lowest BCUT2D eigenvalue weighted by molar-refractivity contribution is 1.07. The summed E-state index contributed by atoms with van der Waals surface area (Å²) in [6, 6.07) is 59.8. The molecule has 4 nitrogen and oxygen atoms in total. The molecule has 0 saturated heterocycles. The van der Waals surface area contributed by atoms with Crippen LogP contribution in [0.1, 0.15) is 0 Å². The summed E-state index contributed by atoms with van der Waals surface area (Å²) in [4.78, 5) is 14.8. The van der Waals surface area contributed by atoms with Crippen LogP contribution in [0, 0.1) is 0 Å². The van der Waals surface area contributed by atoms with Gasteiger partial charge in [0.1, 0.15) is 0 Å². The number of nitrogens with zero attached hydrogens (tertiary/aromatic N) is 4. The number of benzene rings is 7. The van der Waals surface area contributed by atoms with Crippen molar-refractivity contribution in [3.8, 4) is 51.0 Å². The third-order valence-electron chi connectivity index (χ3n) is 9.45. The van der Waals surface area contributed by atoms with E-state index in [2.05, 4.69) is 114 Å². The molecule has 0 bridgehead atoms. The number of aromatic nitrogens is 4. The van der Waals surface area contributed by atoms with E-state index in [4.69, 9.17) is 15.0 Å². The van der Waals surface area contributed by atoms with Crippen LogP contribution in [0.5, 0.6) is 0 Å². The van der Waals surface area contributed by atoms with E-state index in [1.54, 1.807) is 0 Å². The van der Waals surface area contributed by atoms with E-state index >= 15 is 0 Å². The molecule has 3 heterocycles. The number of thiophene rings is 1. The van der Waals surface area contributed by atoms with Gasteiger partial charge in [0.25, 0.3) is 0 Å². The Kier molecular flexibility index (Phi) is 6.64. The van der Waals surface area contributed by atoms with Crippen molar-refractivity contribution in [3.63, 3.8) is 0 Å². The van der Waals surface area contributed by atoms with Crippen molar-refractivity contribution >= 4 is 53.3 Å². The zero-order chi connectivity index (χ0) is 33.0. The van der Waals surface area contributed by atoms with Crippen LogP contribution in [0.4, 0.5) is 0 Å². The Hall–Kier alpha value is -6.43. The predicted molar refractivity (Wildman–Crippen MR) is 209 cm³/mol. The summed E-state index contributed by atoms with van der Waals surface area (Å²) in [6.45, 7) is 0. The van der Waals surface area contributed by atoms with E-state index < -0.39 is 0 Å². The molecule has 3 aromatic heterocycles. The van der Waals surface area contributed by atoms with E-state index in [1.165, 1.54) is 53.1 Å². The van der Waals surface area contributed by atoms with Gasteiger partial charge >= 0.3 is 0 Å². The first kappa shape index (κ1) is 28.6. The Bertz CT molecular complexity index is 2800. The van der Waals surface area contributed by atoms with Crippen molar-refractivity contribution in [2.24, 2.45) is 0 Å². The highest BCUT2D eigenvalue weighted by molar-refractivity contribution is 7.25. The molecule has 0 aliphatic heterocycles. The highest BCUT2D eigenvalue weighted by Crippen LogP contribution is 2.42. The van der Waals surface area contributed by atoms with Crippen LogP contribution in [0.15, 0.2) is 170 Å². The highest BCUT2D eigenvalue weighted by Gasteiger charge is 2.18. The van der Waals surface area contributed by atoms with E-state index in [-0.39, 0.29) is 0 Å². The summed E-state index contributed by atoms with van der Waals surface area (Å²) in [7, 11) is 0. The zero-order valence-corrected chi connectivity index (χ0v) is 27.7. The van der Waals surface area contributed by atoms with Crippen LogP contribution >= 0.6 is 11.3 Å². The summed E-state index contributed by atoms with van der Waals surface area (Å²) in [6.07, 6.45) is 0. The van der Waals surface area contributed by atoms with Gasteiger partial charge in [-0.05, 0) is 59.7 Å². The second-order valence-electron chi connectivity index (χ2n) is 12.5. The fourth-order valence-electron chi connectivity index (χ4n) is 7.14. The average molecular weight is 657 g/mol. The third kappa shape index (κ3) is 4.71. The predicted octanol–water partition coefficient (Wildman–Crippen LogP) is 12.0. The molecule has 0 spiro atoms. The Labute approximate surface area is 292 Å². The van der Waals surface area contributed by atoms with Gasteiger partial charge in [-0.1, -0.05) is 121 Å². The minimum Gasteiger partial charge on any atom is -0.309 e. The van der Waals surface area contributed by atoms with Crippen LogP contribution in [0.25, 0.3) is 93.0 Å². The fourth-order valence-corrected chi connectivity index (χ4v) is 8.26. The largest absolute Gasteiger partial charge is 0.309 e. The summed E-state index contributed by atoms with van der Waals surface area (Å²) in [5.41, 5.74) is 8.92. The third-order valence-corrected chi connectivity index (χ3v) is 10.6. The molecule has 10 rings (SSSR count). The van der Waals surface area contributed by atoms with Crippen molar-refractivity contribution in [1.29, 1.82) is 0 Å². The Morgan fingerprint density at radius 1 is 0.380 bits per heavy atom. The SMILES string of the molecule is c1ccc(-c2nc(-c3ccccc3)nc(-c3ccc4sc5cc(-c6cccc7c6c6ccccc6n7-c6ccccc6)ccc5c4c3)n2)cc1. The number of fused-ring (bicyclic) bond motifs is 6. The van der Waals surface area contributed by atoms with Crippen LogP contribution in [0.2, 0.25) is 0 Å². The zero-order valence-electron chi connectivity index (χ0n) is 26.9. The van der Waals surface area contributed by atoms with Crippen LogP contribution in [0.3, 0.4) is 0 Å². The molecular formula is C45H28N4S. The first-order valence-corrected chi connectivity index (χ1v) is 17.5. The Morgan fingerprint density at radius 3 is 1.70 bits per heavy atom. The Morgan fingerprint density at radius 2 is 0.980 bits per heavy atom. The van der Waals surface area contributed by atoms with Gasteiger partial charge in [0.05, 0.1) is 11.0 Å². The van der Waals surface area contributed by atoms with Gasteiger partial charge in [-0.2, -0.15) is 0 Å². The van der Waals surface area contributed by atoms with Crippen LogP contribution < -0.4 is 0 Å². The maximum Gasteiger partial charge on any atom is 0.164 e. The van der Waals surface area contributed by atoms with Crippen molar-refractivity contribution in [3.05, 3.63) is 170 Å². The van der Waals surface area contributed by atoms with Crippen molar-refractivity contribution < 1.29 is 0 Å². The topological polar surface area (TPSA) is 43.6 Å². The minimum atomic E-state index is 0.664. The van der Waals surface area contributed by atoms with Gasteiger partial charge in [-0.3, -0.25) is 0 Å². The van der Waals surface area contributed by atoms with Crippen molar-refractivity contribution in [2.45, 2.75) is 0 Å². The smallest absolute Gasteiger partial charge is 0.164 e. The van der Waals surface area contributed by atoms with Gasteiger partial charge in [0, 0.05) is 53.3 Å². The molecule has 0 amide bonds. The molecule has 0 aliphatic carbocycles. The molecule has 0 radical (unpaired) electrons. The van der Waals surface area contributed by atoms with Gasteiger partial charge < -0.3 is 4.57 Å². The van der Waals surface area contributed by atoms with Gasteiger partial charge in [0.2, 0.25) is 0 Å². The van der Waals surface area contributed by atoms with Gasteiger partial charge in [-0.25, -0.2) is 15.0 Å². The number of hydrogen-bond acceptors (Lipinski definition) is 4. The lowest BCUT2D eigenvalue weighted by atomic mass is 9.98. The second-order valence-corrected chi connectivity index (χ2v) is 13.5. The standard InChI is InChI=1S/C45H28N4S/c1-4-13-29(14-5-1)43-46-44(30-15-6-2-7-16-30)48-45(47-43)32-24-26-40-37(27-32)35-25-23-31(28-41(35)50-40)34-20-12-22-39-42(34)36-19-10-11-21-38(36)49(39)33-17-8-3-9-18-33/h1-28H. The molecule has 0 fully saturated rings. The molecule has 234 valence electrons. The summed E-state index contributed by atoms with van der Waals surface area (Å²) in [5.74, 6) is 1.99. The van der Waals surface area contributed by atoms with Gasteiger partial charge in [-0.15, -0.1) is 11.3 Å². The number of rotatable bonds is 5. The molecule has 0 aliphatic rings. The Balaban J connectivity index is 1.12. The first-order chi connectivity index (χ1) is 24.8. The first-order valence-electron chi connectivity index (χ1n) is 16.7. The summed E-state index contributed by atoms with van der Waals surface area (Å²) >= 11 is 1.83. The lowest BCUT2D eigenvalue weighted by Crippen LogP contribution is -2.00. The highest BCUT2D eigenvalue weighted by atomic mass is 32.1.